The zero-order valence-corrected chi connectivity index (χ0v) is 19.7. The number of aliphatic hydroxyl groups is 1. The number of pyridine rings is 1. The van der Waals surface area contributed by atoms with Crippen LogP contribution in [0.3, 0.4) is 0 Å². The Kier molecular flexibility index (Phi) is 7.16. The van der Waals surface area contributed by atoms with Gasteiger partial charge in [-0.25, -0.2) is 4.98 Å². The molecule has 0 bridgehead atoms. The van der Waals surface area contributed by atoms with Crippen molar-refractivity contribution < 1.29 is 9.84 Å². The minimum absolute atomic E-state index is 0.0287. The third kappa shape index (κ3) is 5.15. The first-order valence-corrected chi connectivity index (χ1v) is 11.9. The molecule has 0 radical (unpaired) electrons. The predicted octanol–water partition coefficient (Wildman–Crippen LogP) is 6.12. The third-order valence-electron chi connectivity index (χ3n) is 5.46. The highest BCUT2D eigenvalue weighted by molar-refractivity contribution is 7.14. The molecule has 0 spiro atoms. The van der Waals surface area contributed by atoms with E-state index in [9.17, 15) is 5.11 Å². The average molecular weight is 468 g/mol. The molecule has 1 aromatic carbocycles. The molecule has 0 aliphatic carbocycles. The fourth-order valence-electron chi connectivity index (χ4n) is 3.92. The lowest BCUT2D eigenvalue weighted by Gasteiger charge is -2.31. The Morgan fingerprint density at radius 2 is 2.09 bits per heavy atom. The molecule has 3 aromatic rings. The minimum atomic E-state index is -0.346. The number of halogens is 1. The monoisotopic (exact) mass is 467 g/mol. The first-order valence-electron chi connectivity index (χ1n) is 10.7. The largest absolute Gasteiger partial charge is 0.393 e. The van der Waals surface area contributed by atoms with Gasteiger partial charge in [0.2, 0.25) is 0 Å². The molecule has 166 valence electrons. The van der Waals surface area contributed by atoms with Crippen LogP contribution in [0.4, 0.5) is 0 Å². The van der Waals surface area contributed by atoms with Gasteiger partial charge in [0.15, 0.2) is 5.01 Å². The summed E-state index contributed by atoms with van der Waals surface area (Å²) in [6, 6.07) is 9.85. The number of hydrogen-bond donors (Lipinski definition) is 1. The third-order valence-corrected chi connectivity index (χ3v) is 6.77. The van der Waals surface area contributed by atoms with E-state index in [1.54, 1.807) is 6.08 Å². The van der Waals surface area contributed by atoms with Crippen molar-refractivity contribution >= 4 is 35.1 Å². The van der Waals surface area contributed by atoms with Crippen LogP contribution in [0, 0.1) is 0 Å². The Morgan fingerprint density at radius 3 is 2.84 bits per heavy atom. The number of hydrogen-bond acceptors (Lipinski definition) is 6. The molecule has 0 saturated carbocycles. The van der Waals surface area contributed by atoms with Crippen molar-refractivity contribution in [2.75, 3.05) is 0 Å². The van der Waals surface area contributed by atoms with E-state index in [-0.39, 0.29) is 18.3 Å². The van der Waals surface area contributed by atoms with E-state index >= 15 is 0 Å². The second kappa shape index (κ2) is 10.0. The molecule has 3 unspecified atom stereocenters. The number of benzene rings is 1. The minimum Gasteiger partial charge on any atom is -0.393 e. The lowest BCUT2D eigenvalue weighted by molar-refractivity contribution is -0.0895. The number of nitrogens with zero attached hydrogens (tertiary/aromatic N) is 3. The van der Waals surface area contributed by atoms with Gasteiger partial charge in [-0.15, -0.1) is 10.2 Å². The SMILES string of the molecule is C=Cc1ccc(-c2nnc(Cc3cc(C4CC(O)CC(C)O4)ccc3Cl)s2)nc1/C=C\C. The molecule has 5 nitrogen and oxygen atoms in total. The average Bonchev–Trinajstić information content (AvgIpc) is 3.23. The smallest absolute Gasteiger partial charge is 0.166 e. The van der Waals surface area contributed by atoms with E-state index in [4.69, 9.17) is 21.3 Å². The maximum Gasteiger partial charge on any atom is 0.166 e. The Hall–Kier alpha value is -2.38. The van der Waals surface area contributed by atoms with Gasteiger partial charge in [-0.3, -0.25) is 0 Å². The fraction of sp³-hybridized carbons (Fsp3) is 0.320. The van der Waals surface area contributed by atoms with Crippen LogP contribution in [-0.4, -0.2) is 32.5 Å². The molecular formula is C25H26ClN3O2S. The van der Waals surface area contributed by atoms with E-state index in [1.807, 2.05) is 50.3 Å². The van der Waals surface area contributed by atoms with Crippen LogP contribution in [0.25, 0.3) is 22.9 Å². The summed E-state index contributed by atoms with van der Waals surface area (Å²) in [6.45, 7) is 7.80. The molecule has 1 saturated heterocycles. The van der Waals surface area contributed by atoms with Gasteiger partial charge in [0.05, 0.1) is 24.0 Å². The van der Waals surface area contributed by atoms with Crippen LogP contribution in [0.15, 0.2) is 43.0 Å². The zero-order valence-electron chi connectivity index (χ0n) is 18.2. The summed E-state index contributed by atoms with van der Waals surface area (Å²) in [4.78, 5) is 4.71. The van der Waals surface area contributed by atoms with E-state index in [1.165, 1.54) is 11.3 Å². The molecule has 7 heteroatoms. The van der Waals surface area contributed by atoms with Gasteiger partial charge in [0.1, 0.15) is 10.7 Å². The molecule has 1 fully saturated rings. The second-order valence-electron chi connectivity index (χ2n) is 7.96. The molecule has 0 amide bonds. The zero-order chi connectivity index (χ0) is 22.7. The Labute approximate surface area is 197 Å². The first-order chi connectivity index (χ1) is 15.5. The van der Waals surface area contributed by atoms with Crippen molar-refractivity contribution in [1.82, 2.24) is 15.2 Å². The molecule has 1 aliphatic heterocycles. The quantitative estimate of drug-likeness (QED) is 0.472. The molecule has 4 rings (SSSR count). The summed E-state index contributed by atoms with van der Waals surface area (Å²) in [7, 11) is 0. The van der Waals surface area contributed by atoms with Crippen LogP contribution in [0.1, 0.15) is 60.2 Å². The van der Waals surface area contributed by atoms with Crippen LogP contribution in [0.2, 0.25) is 5.02 Å². The fourth-order valence-corrected chi connectivity index (χ4v) is 4.94. The van der Waals surface area contributed by atoms with Crippen molar-refractivity contribution in [2.45, 2.75) is 51.4 Å². The van der Waals surface area contributed by atoms with Crippen molar-refractivity contribution in [3.8, 4) is 10.7 Å². The van der Waals surface area contributed by atoms with E-state index < -0.39 is 0 Å². The van der Waals surface area contributed by atoms with Gasteiger partial charge >= 0.3 is 0 Å². The van der Waals surface area contributed by atoms with Crippen LogP contribution in [-0.2, 0) is 11.2 Å². The van der Waals surface area contributed by atoms with Gasteiger partial charge < -0.3 is 9.84 Å². The highest BCUT2D eigenvalue weighted by Gasteiger charge is 2.27. The number of aliphatic hydroxyl groups excluding tert-OH is 1. The highest BCUT2D eigenvalue weighted by Crippen LogP contribution is 2.34. The van der Waals surface area contributed by atoms with Crippen molar-refractivity contribution in [3.63, 3.8) is 0 Å². The highest BCUT2D eigenvalue weighted by atomic mass is 35.5. The number of ether oxygens (including phenoxy) is 1. The molecule has 32 heavy (non-hydrogen) atoms. The van der Waals surface area contributed by atoms with E-state index in [0.29, 0.717) is 24.3 Å². The first kappa shape index (κ1) is 22.8. The summed E-state index contributed by atoms with van der Waals surface area (Å²) < 4.78 is 6.05. The van der Waals surface area contributed by atoms with E-state index in [2.05, 4.69) is 22.8 Å². The van der Waals surface area contributed by atoms with Crippen molar-refractivity contribution in [1.29, 1.82) is 0 Å². The Bertz CT molecular complexity index is 1130. The van der Waals surface area contributed by atoms with Gasteiger partial charge in [0.25, 0.3) is 0 Å². The van der Waals surface area contributed by atoms with Crippen LogP contribution >= 0.6 is 22.9 Å². The maximum atomic E-state index is 10.1. The van der Waals surface area contributed by atoms with Crippen molar-refractivity contribution in [2.24, 2.45) is 0 Å². The van der Waals surface area contributed by atoms with Gasteiger partial charge in [-0.1, -0.05) is 59.9 Å². The standard InChI is InChI=1S/C25H26ClN3O2S/c1-4-6-21-16(5-2)8-10-22(27-21)25-29-28-24(32-25)13-18-12-17(7-9-20(18)26)23-14-19(30)11-15(3)31-23/h4-10,12,15,19,23,30H,2,11,13-14H2,1,3H3/b6-4-. The van der Waals surface area contributed by atoms with Crippen LogP contribution in [0.5, 0.6) is 0 Å². The van der Waals surface area contributed by atoms with Gasteiger partial charge in [-0.2, -0.15) is 0 Å². The molecule has 3 atom stereocenters. The summed E-state index contributed by atoms with van der Waals surface area (Å²) >= 11 is 8.00. The molecule has 3 heterocycles. The number of allylic oxidation sites excluding steroid dienone is 1. The summed E-state index contributed by atoms with van der Waals surface area (Å²) in [6.07, 6.45) is 7.09. The molecule has 1 N–H and O–H groups in total. The Balaban J connectivity index is 1.56. The molecular weight excluding hydrogens is 442 g/mol. The predicted molar refractivity (Wildman–Crippen MR) is 131 cm³/mol. The summed E-state index contributed by atoms with van der Waals surface area (Å²) in [5.74, 6) is 0. The van der Waals surface area contributed by atoms with Gasteiger partial charge in [-0.05, 0) is 55.2 Å². The number of rotatable bonds is 6. The van der Waals surface area contributed by atoms with Crippen molar-refractivity contribution in [3.05, 3.63) is 75.4 Å². The Morgan fingerprint density at radius 1 is 1.25 bits per heavy atom. The lowest BCUT2D eigenvalue weighted by Crippen LogP contribution is -2.29. The van der Waals surface area contributed by atoms with E-state index in [0.717, 1.165) is 38.1 Å². The van der Waals surface area contributed by atoms with Gasteiger partial charge in [0, 0.05) is 17.9 Å². The normalized spacial score (nSPS) is 21.2. The molecule has 1 aliphatic rings. The summed E-state index contributed by atoms with van der Waals surface area (Å²) in [5.41, 5.74) is 4.61. The number of aromatic nitrogens is 3. The lowest BCUT2D eigenvalue weighted by atomic mass is 9.95. The molecule has 2 aromatic heterocycles. The second-order valence-corrected chi connectivity index (χ2v) is 9.43. The van der Waals surface area contributed by atoms with Crippen LogP contribution < -0.4 is 0 Å². The topological polar surface area (TPSA) is 68.1 Å². The maximum absolute atomic E-state index is 10.1. The summed E-state index contributed by atoms with van der Waals surface area (Å²) in [5, 5.41) is 21.2.